The normalized spacial score (nSPS) is 22.5. The molecule has 29 heavy (non-hydrogen) atoms. The van der Waals surface area contributed by atoms with E-state index in [9.17, 15) is 9.59 Å². The van der Waals surface area contributed by atoms with Crippen molar-refractivity contribution in [1.29, 1.82) is 0 Å². The Labute approximate surface area is 186 Å². The van der Waals surface area contributed by atoms with Gasteiger partial charge in [0.2, 0.25) is 5.24 Å². The third-order valence-corrected chi connectivity index (χ3v) is 12.5. The molecular weight excluding hydrogens is 420 g/mol. The molecule has 1 aliphatic rings. The molecule has 0 spiro atoms. The lowest BCUT2D eigenvalue weighted by Crippen LogP contribution is -2.46. The van der Waals surface area contributed by atoms with Crippen molar-refractivity contribution < 1.29 is 18.4 Å². The van der Waals surface area contributed by atoms with Gasteiger partial charge >= 0.3 is 0 Å². The molecule has 0 radical (unpaired) electrons. The van der Waals surface area contributed by atoms with E-state index in [1.165, 1.54) is 0 Å². The number of carbonyl (C=O) groups is 2. The van der Waals surface area contributed by atoms with Crippen LogP contribution in [0.15, 0.2) is 11.6 Å². The Morgan fingerprint density at radius 3 is 1.93 bits per heavy atom. The number of rotatable bonds is 11. The van der Waals surface area contributed by atoms with Crippen LogP contribution in [0, 0.1) is 0 Å². The van der Waals surface area contributed by atoms with Crippen molar-refractivity contribution in [3.8, 4) is 0 Å². The average Bonchev–Trinajstić information content (AvgIpc) is 2.84. The minimum Gasteiger partial charge on any atom is -0.390 e. The summed E-state index contributed by atoms with van der Waals surface area (Å²) in [7, 11) is -3.15. The molecule has 7 heteroatoms. The summed E-state index contributed by atoms with van der Waals surface area (Å²) >= 11 is 5.38. The molecule has 0 amide bonds. The molecule has 0 aliphatic heterocycles. The number of hydrogen-bond donors (Lipinski definition) is 0. The summed E-state index contributed by atoms with van der Waals surface area (Å²) in [5.41, 5.74) is 0.851. The van der Waals surface area contributed by atoms with Gasteiger partial charge in [0.05, 0.1) is 6.42 Å². The molecule has 1 rings (SSSR count). The van der Waals surface area contributed by atoms with Crippen LogP contribution in [-0.4, -0.2) is 34.9 Å². The van der Waals surface area contributed by atoms with Gasteiger partial charge in [-0.15, -0.1) is 0 Å². The third kappa shape index (κ3) is 9.17. The van der Waals surface area contributed by atoms with Crippen molar-refractivity contribution in [2.45, 2.75) is 115 Å². The molecule has 168 valence electrons. The molecule has 0 heterocycles. The highest BCUT2D eigenvalue weighted by atomic mass is 35.5. The van der Waals surface area contributed by atoms with Crippen molar-refractivity contribution in [3.63, 3.8) is 0 Å². The lowest BCUT2D eigenvalue weighted by molar-refractivity contribution is -0.126. The van der Waals surface area contributed by atoms with Gasteiger partial charge in [-0.1, -0.05) is 54.4 Å². The smallest absolute Gasteiger partial charge is 0.221 e. The minimum atomic E-state index is -1.57. The van der Waals surface area contributed by atoms with Crippen molar-refractivity contribution in [3.05, 3.63) is 11.6 Å². The highest BCUT2D eigenvalue weighted by molar-refractivity contribution is 6.63. The summed E-state index contributed by atoms with van der Waals surface area (Å²) in [6.07, 6.45) is 7.19. The number of halogens is 1. The molecule has 1 aliphatic carbocycles. The number of unbranched alkanes of at least 4 members (excludes halogenated alkanes) is 3. The van der Waals surface area contributed by atoms with Crippen LogP contribution >= 0.6 is 11.6 Å². The zero-order valence-corrected chi connectivity index (χ0v) is 22.8. The maximum atomic E-state index is 12.8. The van der Waals surface area contributed by atoms with Gasteiger partial charge in [0.25, 0.3) is 0 Å². The Balaban J connectivity index is 2.86. The number of ketones is 1. The largest absolute Gasteiger partial charge is 0.390 e. The summed E-state index contributed by atoms with van der Waals surface area (Å²) in [5, 5.41) is -0.0721. The fourth-order valence-corrected chi connectivity index (χ4v) is 5.57. The molecule has 0 saturated heterocycles. The van der Waals surface area contributed by atoms with E-state index in [4.69, 9.17) is 20.5 Å². The van der Waals surface area contributed by atoms with Crippen LogP contribution in [0.1, 0.15) is 86.5 Å². The van der Waals surface area contributed by atoms with E-state index in [2.05, 4.69) is 54.6 Å². The van der Waals surface area contributed by atoms with E-state index in [-0.39, 0.29) is 21.1 Å². The fraction of sp³-hybridized carbons (Fsp3) is 0.818. The van der Waals surface area contributed by atoms with Crippen molar-refractivity contribution in [2.75, 3.05) is 0 Å². The molecule has 0 N–H and O–H groups in total. The van der Waals surface area contributed by atoms with Crippen LogP contribution in [0.2, 0.25) is 23.2 Å². The second-order valence-corrected chi connectivity index (χ2v) is 17.5. The Bertz CT molecular complexity index is 583. The van der Waals surface area contributed by atoms with Crippen molar-refractivity contribution >= 4 is 40.7 Å². The van der Waals surface area contributed by atoms with Crippen LogP contribution < -0.4 is 0 Å². The second-order valence-electron chi connectivity index (χ2n) is 10.6. The molecule has 0 fully saturated rings. The van der Waals surface area contributed by atoms with E-state index >= 15 is 0 Å². The first-order chi connectivity index (χ1) is 13.2. The predicted molar refractivity (Wildman–Crippen MR) is 127 cm³/mol. The summed E-state index contributed by atoms with van der Waals surface area (Å²) in [6, 6.07) is 0. The first-order valence-electron chi connectivity index (χ1n) is 11.0. The van der Waals surface area contributed by atoms with Crippen LogP contribution in [0.25, 0.3) is 0 Å². The number of allylic oxidation sites excluding steroid dienone is 1. The Kier molecular flexibility index (Phi) is 10.0. The van der Waals surface area contributed by atoms with E-state index in [0.29, 0.717) is 12.8 Å². The predicted octanol–water partition coefficient (Wildman–Crippen LogP) is 6.03. The van der Waals surface area contributed by atoms with E-state index < -0.39 is 23.9 Å². The topological polar surface area (TPSA) is 52.6 Å². The molecule has 0 saturated carbocycles. The molecular formula is C22H41ClO4Si2. The highest BCUT2D eigenvalue weighted by Crippen LogP contribution is 2.40. The van der Waals surface area contributed by atoms with Crippen LogP contribution in [0.5, 0.6) is 0 Å². The minimum absolute atomic E-state index is 0.0996. The Morgan fingerprint density at radius 1 is 1.00 bits per heavy atom. The first-order valence-corrected chi connectivity index (χ1v) is 15.7. The van der Waals surface area contributed by atoms with Crippen LogP contribution in [0.3, 0.4) is 0 Å². The van der Waals surface area contributed by atoms with Gasteiger partial charge < -0.3 is 8.85 Å². The quantitative estimate of drug-likeness (QED) is 0.163. The summed E-state index contributed by atoms with van der Waals surface area (Å²) < 4.78 is 13.2. The first kappa shape index (κ1) is 26.8. The van der Waals surface area contributed by atoms with Crippen molar-refractivity contribution in [1.82, 2.24) is 0 Å². The van der Waals surface area contributed by atoms with Gasteiger partial charge in [-0.2, -0.15) is 0 Å². The molecule has 2 unspecified atom stereocenters. The van der Waals surface area contributed by atoms with Gasteiger partial charge in [0.1, 0.15) is 0 Å². The zero-order chi connectivity index (χ0) is 22.5. The molecule has 0 bridgehead atoms. The van der Waals surface area contributed by atoms with Crippen LogP contribution in [-0.2, 0) is 18.4 Å². The maximum Gasteiger partial charge on any atom is 0.221 e. The van der Waals surface area contributed by atoms with Crippen molar-refractivity contribution in [2.24, 2.45) is 0 Å². The summed E-state index contributed by atoms with van der Waals surface area (Å²) in [4.78, 5) is 23.6. The third-order valence-electron chi connectivity index (χ3n) is 5.92. The fourth-order valence-electron chi connectivity index (χ4n) is 3.01. The zero-order valence-electron chi connectivity index (χ0n) is 19.7. The Hall–Kier alpha value is -0.276. The Morgan fingerprint density at radius 2 is 1.48 bits per heavy atom. The lowest BCUT2D eigenvalue weighted by atomic mass is 10.0. The van der Waals surface area contributed by atoms with Gasteiger partial charge in [-0.3, -0.25) is 9.59 Å². The van der Waals surface area contributed by atoms with Crippen LogP contribution in [0.4, 0.5) is 0 Å². The average molecular weight is 461 g/mol. The van der Waals surface area contributed by atoms with Gasteiger partial charge in [0, 0.05) is 6.42 Å². The molecule has 0 aromatic rings. The van der Waals surface area contributed by atoms with Gasteiger partial charge in [-0.25, -0.2) is 0 Å². The van der Waals surface area contributed by atoms with E-state index in [1.54, 1.807) is 0 Å². The summed E-state index contributed by atoms with van der Waals surface area (Å²) in [5.74, 6) is -0.707. The number of Topliss-reactive ketones (excluding diaryl/α,β-unsaturated/α-hetero) is 1. The lowest BCUT2D eigenvalue weighted by Gasteiger charge is -2.40. The SMILES string of the molecule is C[SiH](OC1(O[SiH](C)C(C)(C)C)C=C(CCCCCCC(=O)Cl)C(=O)C1)C(C)(C)C. The van der Waals surface area contributed by atoms with E-state index in [0.717, 1.165) is 37.7 Å². The summed E-state index contributed by atoms with van der Waals surface area (Å²) in [6.45, 7) is 17.6. The maximum absolute atomic E-state index is 12.8. The second kappa shape index (κ2) is 10.8. The highest BCUT2D eigenvalue weighted by Gasteiger charge is 2.45. The van der Waals surface area contributed by atoms with E-state index in [1.807, 2.05) is 6.08 Å². The monoisotopic (exact) mass is 460 g/mol. The van der Waals surface area contributed by atoms with Gasteiger partial charge in [0.15, 0.2) is 29.7 Å². The van der Waals surface area contributed by atoms with Gasteiger partial charge in [-0.05, 0) is 65.7 Å². The molecule has 0 aromatic heterocycles. The molecule has 4 nitrogen and oxygen atoms in total. The number of carbonyl (C=O) groups excluding carboxylic acids is 2. The molecule has 2 atom stereocenters. The standard InChI is InChI=1S/C22H41ClO4Si2/c1-20(2,3)28(7)26-22(27-29(8)21(4,5)6)15-17(18(24)16-22)13-11-9-10-12-14-19(23)25/h15,28-29H,9-14,16H2,1-8H3. The molecule has 0 aromatic carbocycles. The number of hydrogen-bond acceptors (Lipinski definition) is 4.